The summed E-state index contributed by atoms with van der Waals surface area (Å²) < 4.78 is 7.46. The average molecular weight is 455 g/mol. The highest BCUT2D eigenvalue weighted by molar-refractivity contribution is 9.10. The lowest BCUT2D eigenvalue weighted by molar-refractivity contribution is -0.122. The summed E-state index contributed by atoms with van der Waals surface area (Å²) in [5, 5.41) is 2.90. The van der Waals surface area contributed by atoms with Crippen LogP contribution in [0.2, 0.25) is 0 Å². The third-order valence-electron chi connectivity index (χ3n) is 3.57. The van der Waals surface area contributed by atoms with Crippen molar-refractivity contribution in [2.75, 3.05) is 5.32 Å². The Labute approximate surface area is 160 Å². The Hall–Kier alpha value is -1.33. The zero-order chi connectivity index (χ0) is 17.9. The van der Waals surface area contributed by atoms with Crippen LogP contribution in [0.25, 0.3) is 0 Å². The predicted molar refractivity (Wildman–Crippen MR) is 106 cm³/mol. The number of amides is 1. The zero-order valence-electron chi connectivity index (χ0n) is 14.2. The van der Waals surface area contributed by atoms with E-state index in [1.807, 2.05) is 42.5 Å². The molecule has 0 radical (unpaired) electrons. The molecule has 0 heterocycles. The Morgan fingerprint density at radius 3 is 2.42 bits per heavy atom. The molecular formula is C19H21Br2NO2. The predicted octanol–water partition coefficient (Wildman–Crippen LogP) is 5.92. The molecule has 2 aromatic carbocycles. The van der Waals surface area contributed by atoms with Crippen molar-refractivity contribution in [1.82, 2.24) is 0 Å². The Balaban J connectivity index is 2.06. The van der Waals surface area contributed by atoms with E-state index in [1.54, 1.807) is 6.92 Å². The van der Waals surface area contributed by atoms with E-state index < -0.39 is 6.10 Å². The molecule has 3 nitrogen and oxygen atoms in total. The van der Waals surface area contributed by atoms with Gasteiger partial charge in [0.25, 0.3) is 5.91 Å². The number of benzene rings is 2. The molecule has 2 rings (SSSR count). The molecule has 0 bridgehead atoms. The Kier molecular flexibility index (Phi) is 6.10. The molecule has 1 atom stereocenters. The second kappa shape index (κ2) is 7.70. The standard InChI is InChI=1S/C19H21Br2NO2/c1-12(24-15-7-5-6-14(20)11-15)18(23)22-17-9-8-13(10-16(17)21)19(2,3)4/h5-12H,1-4H3,(H,22,23). The van der Waals surface area contributed by atoms with E-state index in [1.165, 1.54) is 5.56 Å². The molecule has 24 heavy (non-hydrogen) atoms. The summed E-state index contributed by atoms with van der Waals surface area (Å²) >= 11 is 6.92. The normalized spacial score (nSPS) is 12.6. The quantitative estimate of drug-likeness (QED) is 0.622. The maximum absolute atomic E-state index is 12.4. The molecule has 1 N–H and O–H groups in total. The summed E-state index contributed by atoms with van der Waals surface area (Å²) in [6, 6.07) is 13.4. The van der Waals surface area contributed by atoms with Gasteiger partial charge in [0, 0.05) is 8.95 Å². The Morgan fingerprint density at radius 2 is 1.83 bits per heavy atom. The van der Waals surface area contributed by atoms with Gasteiger partial charge in [-0.3, -0.25) is 4.79 Å². The molecule has 1 amide bonds. The molecule has 2 aromatic rings. The third-order valence-corrected chi connectivity index (χ3v) is 4.72. The van der Waals surface area contributed by atoms with Crippen molar-refractivity contribution in [3.05, 3.63) is 57.0 Å². The number of halogens is 2. The van der Waals surface area contributed by atoms with Gasteiger partial charge in [-0.25, -0.2) is 0 Å². The van der Waals surface area contributed by atoms with Gasteiger partial charge in [-0.15, -0.1) is 0 Å². The van der Waals surface area contributed by atoms with E-state index in [9.17, 15) is 4.79 Å². The van der Waals surface area contributed by atoms with E-state index in [0.29, 0.717) is 5.75 Å². The van der Waals surface area contributed by atoms with Crippen LogP contribution in [0.4, 0.5) is 5.69 Å². The summed E-state index contributed by atoms with van der Waals surface area (Å²) in [6.45, 7) is 8.19. The monoisotopic (exact) mass is 453 g/mol. The van der Waals surface area contributed by atoms with Crippen LogP contribution in [0.1, 0.15) is 33.3 Å². The van der Waals surface area contributed by atoms with Crippen LogP contribution in [-0.2, 0) is 10.2 Å². The van der Waals surface area contributed by atoms with E-state index in [-0.39, 0.29) is 11.3 Å². The fourth-order valence-electron chi connectivity index (χ4n) is 2.12. The lowest BCUT2D eigenvalue weighted by atomic mass is 9.87. The first-order valence-corrected chi connectivity index (χ1v) is 9.28. The molecule has 128 valence electrons. The lowest BCUT2D eigenvalue weighted by Crippen LogP contribution is -2.30. The highest BCUT2D eigenvalue weighted by Gasteiger charge is 2.18. The fraction of sp³-hybridized carbons (Fsp3) is 0.316. The molecule has 0 spiro atoms. The van der Waals surface area contributed by atoms with Crippen LogP contribution < -0.4 is 10.1 Å². The smallest absolute Gasteiger partial charge is 0.265 e. The summed E-state index contributed by atoms with van der Waals surface area (Å²) in [5.74, 6) is 0.452. The number of nitrogens with one attached hydrogen (secondary N) is 1. The van der Waals surface area contributed by atoms with Gasteiger partial charge in [-0.05, 0) is 64.2 Å². The molecule has 0 aliphatic heterocycles. The summed E-state index contributed by atoms with van der Waals surface area (Å²) in [4.78, 5) is 12.4. The summed E-state index contributed by atoms with van der Waals surface area (Å²) in [5.41, 5.74) is 1.99. The number of rotatable bonds is 4. The van der Waals surface area contributed by atoms with Crippen molar-refractivity contribution in [3.63, 3.8) is 0 Å². The topological polar surface area (TPSA) is 38.3 Å². The highest BCUT2D eigenvalue weighted by Crippen LogP contribution is 2.30. The minimum atomic E-state index is -0.603. The molecule has 0 saturated heterocycles. The van der Waals surface area contributed by atoms with Crippen LogP contribution in [0.3, 0.4) is 0 Å². The number of ether oxygens (including phenoxy) is 1. The maximum atomic E-state index is 12.4. The number of carbonyl (C=O) groups is 1. The molecule has 0 saturated carbocycles. The number of carbonyl (C=O) groups excluding carboxylic acids is 1. The van der Waals surface area contributed by atoms with E-state index in [0.717, 1.165) is 14.6 Å². The minimum Gasteiger partial charge on any atom is -0.481 e. The maximum Gasteiger partial charge on any atom is 0.265 e. The van der Waals surface area contributed by atoms with Gasteiger partial charge in [-0.1, -0.05) is 48.8 Å². The zero-order valence-corrected chi connectivity index (χ0v) is 17.4. The summed E-state index contributed by atoms with van der Waals surface area (Å²) in [7, 11) is 0. The van der Waals surface area contributed by atoms with Crippen LogP contribution in [0, 0.1) is 0 Å². The van der Waals surface area contributed by atoms with Crippen molar-refractivity contribution in [3.8, 4) is 5.75 Å². The first kappa shape index (κ1) is 19.0. The van der Waals surface area contributed by atoms with Crippen LogP contribution in [0.5, 0.6) is 5.75 Å². The first-order chi connectivity index (χ1) is 11.2. The number of anilines is 1. The number of hydrogen-bond donors (Lipinski definition) is 1. The van der Waals surface area contributed by atoms with Gasteiger partial charge >= 0.3 is 0 Å². The lowest BCUT2D eigenvalue weighted by Gasteiger charge is -2.21. The van der Waals surface area contributed by atoms with Gasteiger partial charge in [0.05, 0.1) is 5.69 Å². The van der Waals surface area contributed by atoms with Crippen molar-refractivity contribution in [1.29, 1.82) is 0 Å². The van der Waals surface area contributed by atoms with Gasteiger partial charge < -0.3 is 10.1 Å². The molecule has 5 heteroatoms. The second-order valence-electron chi connectivity index (χ2n) is 6.65. The first-order valence-electron chi connectivity index (χ1n) is 7.70. The summed E-state index contributed by atoms with van der Waals surface area (Å²) in [6.07, 6.45) is -0.603. The molecule has 0 aliphatic rings. The van der Waals surface area contributed by atoms with Crippen LogP contribution in [-0.4, -0.2) is 12.0 Å². The van der Waals surface area contributed by atoms with Gasteiger partial charge in [0.15, 0.2) is 6.10 Å². The van der Waals surface area contributed by atoms with E-state index in [2.05, 4.69) is 57.9 Å². The molecule has 1 unspecified atom stereocenters. The van der Waals surface area contributed by atoms with Gasteiger partial charge in [0.1, 0.15) is 5.75 Å². The fourth-order valence-corrected chi connectivity index (χ4v) is 2.97. The second-order valence-corrected chi connectivity index (χ2v) is 8.42. The third kappa shape index (κ3) is 5.08. The van der Waals surface area contributed by atoms with Crippen molar-refractivity contribution >= 4 is 43.5 Å². The minimum absolute atomic E-state index is 0.0577. The molecule has 0 aliphatic carbocycles. The van der Waals surface area contributed by atoms with Crippen LogP contribution >= 0.6 is 31.9 Å². The molecule has 0 fully saturated rings. The van der Waals surface area contributed by atoms with Gasteiger partial charge in [-0.2, -0.15) is 0 Å². The van der Waals surface area contributed by atoms with Gasteiger partial charge in [0.2, 0.25) is 0 Å². The Bertz CT molecular complexity index is 738. The van der Waals surface area contributed by atoms with E-state index in [4.69, 9.17) is 4.74 Å². The molecule has 0 aromatic heterocycles. The SMILES string of the molecule is CC(Oc1cccc(Br)c1)C(=O)Nc1ccc(C(C)(C)C)cc1Br. The van der Waals surface area contributed by atoms with Crippen molar-refractivity contribution in [2.24, 2.45) is 0 Å². The van der Waals surface area contributed by atoms with Crippen molar-refractivity contribution in [2.45, 2.75) is 39.2 Å². The van der Waals surface area contributed by atoms with Crippen molar-refractivity contribution < 1.29 is 9.53 Å². The Morgan fingerprint density at radius 1 is 1.12 bits per heavy atom. The molecular weight excluding hydrogens is 434 g/mol. The average Bonchev–Trinajstić information content (AvgIpc) is 2.48. The van der Waals surface area contributed by atoms with E-state index >= 15 is 0 Å². The van der Waals surface area contributed by atoms with Crippen LogP contribution in [0.15, 0.2) is 51.4 Å². The largest absolute Gasteiger partial charge is 0.481 e. The highest BCUT2D eigenvalue weighted by atomic mass is 79.9. The number of hydrogen-bond acceptors (Lipinski definition) is 2.